The smallest absolute Gasteiger partial charge is 0.262 e. The van der Waals surface area contributed by atoms with Crippen LogP contribution in [0.25, 0.3) is 11.5 Å². The summed E-state index contributed by atoms with van der Waals surface area (Å²) in [5.74, 6) is 1.19. The quantitative estimate of drug-likeness (QED) is 0.768. The van der Waals surface area contributed by atoms with Crippen LogP contribution in [0.4, 0.5) is 5.69 Å². The summed E-state index contributed by atoms with van der Waals surface area (Å²) in [6, 6.07) is 13.1. The molecule has 6 nitrogen and oxygen atoms in total. The molecule has 0 unspecified atom stereocenters. The largest absolute Gasteiger partial charge is 0.483 e. The summed E-state index contributed by atoms with van der Waals surface area (Å²) >= 11 is 0. The molecule has 128 valence electrons. The lowest BCUT2D eigenvalue weighted by Gasteiger charge is -2.11. The highest BCUT2D eigenvalue weighted by Crippen LogP contribution is 2.28. The van der Waals surface area contributed by atoms with E-state index in [1.54, 1.807) is 13.0 Å². The topological polar surface area (TPSA) is 77.2 Å². The van der Waals surface area contributed by atoms with Crippen molar-refractivity contribution in [3.05, 3.63) is 59.4 Å². The fourth-order valence-corrected chi connectivity index (χ4v) is 2.46. The second-order valence-corrected chi connectivity index (χ2v) is 5.80. The molecule has 2 aromatic carbocycles. The van der Waals surface area contributed by atoms with E-state index in [1.807, 2.05) is 50.2 Å². The molecular formula is C19H19N3O3. The van der Waals surface area contributed by atoms with Crippen LogP contribution in [0.15, 0.2) is 47.0 Å². The van der Waals surface area contributed by atoms with E-state index in [0.717, 1.165) is 16.8 Å². The zero-order chi connectivity index (χ0) is 17.8. The highest BCUT2D eigenvalue weighted by molar-refractivity contribution is 5.92. The first-order valence-electron chi connectivity index (χ1n) is 7.92. The van der Waals surface area contributed by atoms with Crippen molar-refractivity contribution in [2.75, 3.05) is 11.9 Å². The van der Waals surface area contributed by atoms with Gasteiger partial charge in [-0.1, -0.05) is 35.0 Å². The molecule has 0 bridgehead atoms. The molecule has 0 atom stereocenters. The van der Waals surface area contributed by atoms with Crippen molar-refractivity contribution in [3.8, 4) is 17.2 Å². The van der Waals surface area contributed by atoms with Crippen LogP contribution in [0.5, 0.6) is 5.75 Å². The molecule has 1 amide bonds. The fraction of sp³-hybridized carbons (Fsp3) is 0.211. The van der Waals surface area contributed by atoms with E-state index < -0.39 is 0 Å². The number of amides is 1. The number of anilines is 1. The molecule has 25 heavy (non-hydrogen) atoms. The summed E-state index contributed by atoms with van der Waals surface area (Å²) in [4.78, 5) is 16.4. The zero-order valence-electron chi connectivity index (χ0n) is 14.4. The van der Waals surface area contributed by atoms with Crippen molar-refractivity contribution >= 4 is 11.6 Å². The summed E-state index contributed by atoms with van der Waals surface area (Å²) in [5, 5.41) is 6.64. The fourth-order valence-electron chi connectivity index (χ4n) is 2.46. The third-order valence-electron chi connectivity index (χ3n) is 3.66. The number of rotatable bonds is 5. The van der Waals surface area contributed by atoms with Gasteiger partial charge in [0.1, 0.15) is 5.75 Å². The van der Waals surface area contributed by atoms with Crippen LogP contribution in [0.1, 0.15) is 17.0 Å². The summed E-state index contributed by atoms with van der Waals surface area (Å²) in [6.07, 6.45) is 0. The molecule has 1 aromatic heterocycles. The Morgan fingerprint density at radius 3 is 2.68 bits per heavy atom. The molecule has 0 aliphatic rings. The summed E-state index contributed by atoms with van der Waals surface area (Å²) in [5.41, 5.74) is 3.59. The molecule has 0 spiro atoms. The van der Waals surface area contributed by atoms with Crippen molar-refractivity contribution in [2.24, 2.45) is 0 Å². The first-order valence-corrected chi connectivity index (χ1v) is 7.92. The molecule has 0 saturated heterocycles. The average Bonchev–Trinajstić information content (AvgIpc) is 3.02. The number of ether oxygens (including phenoxy) is 1. The molecule has 3 rings (SSSR count). The Morgan fingerprint density at radius 2 is 1.96 bits per heavy atom. The van der Waals surface area contributed by atoms with E-state index >= 15 is 0 Å². The number of hydrogen-bond donors (Lipinski definition) is 1. The van der Waals surface area contributed by atoms with Crippen molar-refractivity contribution in [3.63, 3.8) is 0 Å². The van der Waals surface area contributed by atoms with Gasteiger partial charge in [-0.05, 0) is 44.5 Å². The summed E-state index contributed by atoms with van der Waals surface area (Å²) in [7, 11) is 0. The Hall–Kier alpha value is -3.15. The van der Waals surface area contributed by atoms with Crippen LogP contribution in [-0.2, 0) is 4.79 Å². The second-order valence-electron chi connectivity index (χ2n) is 5.80. The maximum absolute atomic E-state index is 12.2. The van der Waals surface area contributed by atoms with Gasteiger partial charge in [0.05, 0.1) is 5.56 Å². The summed E-state index contributed by atoms with van der Waals surface area (Å²) in [6.45, 7) is 5.60. The Labute approximate surface area is 145 Å². The Kier molecular flexibility index (Phi) is 4.79. The minimum atomic E-state index is -0.233. The number of aryl methyl sites for hydroxylation is 3. The normalized spacial score (nSPS) is 10.5. The number of aromatic nitrogens is 2. The van der Waals surface area contributed by atoms with Gasteiger partial charge in [-0.2, -0.15) is 4.98 Å². The van der Waals surface area contributed by atoms with Crippen molar-refractivity contribution in [1.82, 2.24) is 10.1 Å². The van der Waals surface area contributed by atoms with E-state index in [0.29, 0.717) is 23.0 Å². The Bertz CT molecular complexity index is 902. The molecule has 1 N–H and O–H groups in total. The van der Waals surface area contributed by atoms with Crippen molar-refractivity contribution in [1.29, 1.82) is 0 Å². The van der Waals surface area contributed by atoms with Gasteiger partial charge in [-0.15, -0.1) is 0 Å². The van der Waals surface area contributed by atoms with Gasteiger partial charge in [0.25, 0.3) is 11.8 Å². The van der Waals surface area contributed by atoms with Gasteiger partial charge < -0.3 is 14.6 Å². The third-order valence-corrected chi connectivity index (χ3v) is 3.66. The second kappa shape index (κ2) is 7.17. The lowest BCUT2D eigenvalue weighted by molar-refractivity contribution is -0.118. The van der Waals surface area contributed by atoms with Crippen LogP contribution in [0, 0.1) is 20.8 Å². The van der Waals surface area contributed by atoms with E-state index in [2.05, 4.69) is 15.5 Å². The molecule has 0 radical (unpaired) electrons. The predicted octanol–water partition coefficient (Wildman–Crippen LogP) is 3.68. The maximum Gasteiger partial charge on any atom is 0.262 e. The third kappa shape index (κ3) is 4.03. The highest BCUT2D eigenvalue weighted by Gasteiger charge is 2.14. The van der Waals surface area contributed by atoms with Crippen molar-refractivity contribution < 1.29 is 14.1 Å². The van der Waals surface area contributed by atoms with Gasteiger partial charge in [0.2, 0.25) is 0 Å². The molecule has 6 heteroatoms. The molecule has 0 aliphatic heterocycles. The zero-order valence-corrected chi connectivity index (χ0v) is 14.4. The van der Waals surface area contributed by atoms with Crippen LogP contribution in [-0.4, -0.2) is 22.7 Å². The number of para-hydroxylation sites is 1. The maximum atomic E-state index is 12.2. The lowest BCUT2D eigenvalue weighted by Crippen LogP contribution is -2.20. The monoisotopic (exact) mass is 337 g/mol. The van der Waals surface area contributed by atoms with Gasteiger partial charge in [-0.3, -0.25) is 4.79 Å². The van der Waals surface area contributed by atoms with E-state index in [9.17, 15) is 4.79 Å². The first kappa shape index (κ1) is 16.7. The molecule has 1 heterocycles. The predicted molar refractivity (Wildman–Crippen MR) is 94.5 cm³/mol. The molecule has 0 saturated carbocycles. The van der Waals surface area contributed by atoms with Crippen LogP contribution in [0.3, 0.4) is 0 Å². The number of carbonyl (C=O) groups excluding carboxylic acids is 1. The van der Waals surface area contributed by atoms with Crippen LogP contribution in [0.2, 0.25) is 0 Å². The van der Waals surface area contributed by atoms with Gasteiger partial charge >= 0.3 is 0 Å². The number of carbonyl (C=O) groups is 1. The first-order chi connectivity index (χ1) is 12.0. The molecule has 0 fully saturated rings. The number of nitrogens with one attached hydrogen (secondary N) is 1. The standard InChI is InChI=1S/C19H19N3O3/c1-12-8-9-16(13(2)10-12)21-18(23)11-24-17-7-5-4-6-15(17)19-20-14(3)22-25-19/h4-10H,11H2,1-3H3,(H,21,23). The van der Waals surface area contributed by atoms with E-state index in [1.165, 1.54) is 0 Å². The molecule has 3 aromatic rings. The van der Waals surface area contributed by atoms with Gasteiger partial charge in [0.15, 0.2) is 12.4 Å². The van der Waals surface area contributed by atoms with Crippen molar-refractivity contribution in [2.45, 2.75) is 20.8 Å². The van der Waals surface area contributed by atoms with E-state index in [-0.39, 0.29) is 12.5 Å². The minimum Gasteiger partial charge on any atom is -0.483 e. The van der Waals surface area contributed by atoms with Gasteiger partial charge in [-0.25, -0.2) is 0 Å². The van der Waals surface area contributed by atoms with Crippen LogP contribution >= 0.6 is 0 Å². The molecular weight excluding hydrogens is 318 g/mol. The average molecular weight is 337 g/mol. The van der Waals surface area contributed by atoms with Gasteiger partial charge in [0, 0.05) is 5.69 Å². The number of benzene rings is 2. The van der Waals surface area contributed by atoms with E-state index in [4.69, 9.17) is 9.26 Å². The summed E-state index contributed by atoms with van der Waals surface area (Å²) < 4.78 is 10.8. The minimum absolute atomic E-state index is 0.114. The lowest BCUT2D eigenvalue weighted by atomic mass is 10.1. The number of hydrogen-bond acceptors (Lipinski definition) is 5. The number of nitrogens with zero attached hydrogens (tertiary/aromatic N) is 2. The SMILES string of the molecule is Cc1ccc(NC(=O)COc2ccccc2-c2nc(C)no2)c(C)c1. The Balaban J connectivity index is 1.68. The highest BCUT2D eigenvalue weighted by atomic mass is 16.5. The molecule has 0 aliphatic carbocycles. The van der Waals surface area contributed by atoms with Crippen LogP contribution < -0.4 is 10.1 Å². The Morgan fingerprint density at radius 1 is 1.16 bits per heavy atom.